The average molecular weight is 311 g/mol. The molecule has 4 nitrogen and oxygen atoms in total. The number of amides is 1. The number of nitrogens with one attached hydrogen (secondary N) is 1. The Bertz CT molecular complexity index is 807. The third kappa shape index (κ3) is 3.54. The van der Waals surface area contributed by atoms with E-state index in [0.717, 1.165) is 33.7 Å². The highest BCUT2D eigenvalue weighted by atomic mass is 16.5. The van der Waals surface area contributed by atoms with E-state index < -0.39 is 0 Å². The van der Waals surface area contributed by atoms with Crippen molar-refractivity contribution in [3.05, 3.63) is 48.2 Å². The monoisotopic (exact) mass is 311 g/mol. The van der Waals surface area contributed by atoms with Gasteiger partial charge in [0.1, 0.15) is 5.58 Å². The minimum Gasteiger partial charge on any atom is -0.464 e. The number of carbonyl (C=O) groups is 1. The molecule has 0 atom stereocenters. The second-order valence-corrected chi connectivity index (χ2v) is 5.50. The molecule has 0 fully saturated rings. The SMILES string of the molecule is CCOCCCNC(=O)Cc1coc2ccc3ccccc3c12. The summed E-state index contributed by atoms with van der Waals surface area (Å²) in [4.78, 5) is 12.1. The maximum Gasteiger partial charge on any atom is 0.224 e. The van der Waals surface area contributed by atoms with E-state index in [1.807, 2.05) is 31.2 Å². The summed E-state index contributed by atoms with van der Waals surface area (Å²) in [6, 6.07) is 12.2. The molecule has 120 valence electrons. The zero-order valence-electron chi connectivity index (χ0n) is 13.3. The molecule has 1 aromatic heterocycles. The highest BCUT2D eigenvalue weighted by Crippen LogP contribution is 2.30. The number of furan rings is 1. The van der Waals surface area contributed by atoms with Crippen LogP contribution >= 0.6 is 0 Å². The van der Waals surface area contributed by atoms with Crippen LogP contribution in [0.3, 0.4) is 0 Å². The number of fused-ring (bicyclic) bond motifs is 3. The number of carbonyl (C=O) groups excluding carboxylic acids is 1. The van der Waals surface area contributed by atoms with Crippen LogP contribution in [0.2, 0.25) is 0 Å². The predicted molar refractivity (Wildman–Crippen MR) is 91.5 cm³/mol. The van der Waals surface area contributed by atoms with Gasteiger partial charge in [-0.25, -0.2) is 0 Å². The van der Waals surface area contributed by atoms with Crippen LogP contribution in [0.25, 0.3) is 21.7 Å². The molecule has 4 heteroatoms. The van der Waals surface area contributed by atoms with Crippen molar-refractivity contribution in [2.24, 2.45) is 0 Å². The molecule has 1 heterocycles. The normalized spacial score (nSPS) is 11.2. The van der Waals surface area contributed by atoms with Crippen LogP contribution in [0.1, 0.15) is 18.9 Å². The van der Waals surface area contributed by atoms with Crippen LogP contribution in [0.15, 0.2) is 47.1 Å². The average Bonchev–Trinajstić information content (AvgIpc) is 2.98. The van der Waals surface area contributed by atoms with Crippen LogP contribution < -0.4 is 5.32 Å². The molecule has 0 saturated heterocycles. The zero-order chi connectivity index (χ0) is 16.1. The van der Waals surface area contributed by atoms with Crippen molar-refractivity contribution < 1.29 is 13.9 Å². The van der Waals surface area contributed by atoms with Crippen LogP contribution in [0.4, 0.5) is 0 Å². The molecule has 0 spiro atoms. The van der Waals surface area contributed by atoms with E-state index in [2.05, 4.69) is 17.4 Å². The van der Waals surface area contributed by atoms with Gasteiger partial charge in [0.05, 0.1) is 12.7 Å². The molecule has 3 aromatic rings. The molecule has 0 radical (unpaired) electrons. The molecule has 1 amide bonds. The lowest BCUT2D eigenvalue weighted by Gasteiger charge is -2.05. The fourth-order valence-electron chi connectivity index (χ4n) is 2.79. The van der Waals surface area contributed by atoms with Crippen LogP contribution in [0.5, 0.6) is 0 Å². The molecular weight excluding hydrogens is 290 g/mol. The minimum atomic E-state index is 0.0112. The second kappa shape index (κ2) is 7.29. The first-order valence-electron chi connectivity index (χ1n) is 8.02. The topological polar surface area (TPSA) is 51.5 Å². The van der Waals surface area contributed by atoms with Crippen LogP contribution in [-0.4, -0.2) is 25.7 Å². The molecule has 1 N–H and O–H groups in total. The summed E-state index contributed by atoms with van der Waals surface area (Å²) in [6.45, 7) is 3.99. The summed E-state index contributed by atoms with van der Waals surface area (Å²) in [5.41, 5.74) is 1.75. The third-order valence-corrected chi connectivity index (χ3v) is 3.88. The first kappa shape index (κ1) is 15.6. The summed E-state index contributed by atoms with van der Waals surface area (Å²) in [6.07, 6.45) is 2.85. The Labute approximate surface area is 135 Å². The van der Waals surface area contributed by atoms with Gasteiger partial charge in [-0.3, -0.25) is 4.79 Å². The van der Waals surface area contributed by atoms with E-state index in [-0.39, 0.29) is 5.91 Å². The number of hydrogen-bond acceptors (Lipinski definition) is 3. The summed E-state index contributed by atoms with van der Waals surface area (Å²) >= 11 is 0. The van der Waals surface area contributed by atoms with Gasteiger partial charge in [-0.2, -0.15) is 0 Å². The fourth-order valence-corrected chi connectivity index (χ4v) is 2.79. The Kier molecular flexibility index (Phi) is 4.93. The zero-order valence-corrected chi connectivity index (χ0v) is 13.3. The second-order valence-electron chi connectivity index (χ2n) is 5.50. The van der Waals surface area contributed by atoms with Gasteiger partial charge in [0, 0.05) is 30.7 Å². The quantitative estimate of drug-likeness (QED) is 0.677. The first-order valence-corrected chi connectivity index (χ1v) is 8.02. The Morgan fingerprint density at radius 3 is 2.96 bits per heavy atom. The lowest BCUT2D eigenvalue weighted by Crippen LogP contribution is -2.26. The highest BCUT2D eigenvalue weighted by molar-refractivity contribution is 6.08. The van der Waals surface area contributed by atoms with Crippen molar-refractivity contribution in [2.75, 3.05) is 19.8 Å². The molecule has 0 aliphatic heterocycles. The van der Waals surface area contributed by atoms with E-state index >= 15 is 0 Å². The van der Waals surface area contributed by atoms with Gasteiger partial charge in [0.15, 0.2) is 0 Å². The fraction of sp³-hybridized carbons (Fsp3) is 0.316. The summed E-state index contributed by atoms with van der Waals surface area (Å²) in [5.74, 6) is 0.0112. The molecule has 0 unspecified atom stereocenters. The van der Waals surface area contributed by atoms with Crippen molar-refractivity contribution in [3.63, 3.8) is 0 Å². The van der Waals surface area contributed by atoms with E-state index in [1.165, 1.54) is 0 Å². The Hall–Kier alpha value is -2.33. The molecule has 3 rings (SSSR count). The largest absolute Gasteiger partial charge is 0.464 e. The minimum absolute atomic E-state index is 0.0112. The van der Waals surface area contributed by atoms with Gasteiger partial charge in [0.2, 0.25) is 5.91 Å². The molecule has 0 aliphatic rings. The van der Waals surface area contributed by atoms with Gasteiger partial charge >= 0.3 is 0 Å². The van der Waals surface area contributed by atoms with E-state index in [4.69, 9.17) is 9.15 Å². The van der Waals surface area contributed by atoms with Gasteiger partial charge in [-0.15, -0.1) is 0 Å². The number of ether oxygens (including phenoxy) is 1. The Balaban J connectivity index is 1.73. The van der Waals surface area contributed by atoms with Crippen LogP contribution in [-0.2, 0) is 16.0 Å². The van der Waals surface area contributed by atoms with Crippen molar-refractivity contribution in [1.82, 2.24) is 5.32 Å². The van der Waals surface area contributed by atoms with Crippen molar-refractivity contribution in [1.29, 1.82) is 0 Å². The maximum absolute atomic E-state index is 12.1. The van der Waals surface area contributed by atoms with E-state index in [9.17, 15) is 4.79 Å². The first-order chi connectivity index (χ1) is 11.3. The Morgan fingerprint density at radius 2 is 2.09 bits per heavy atom. The van der Waals surface area contributed by atoms with Gasteiger partial charge < -0.3 is 14.5 Å². The van der Waals surface area contributed by atoms with Crippen LogP contribution in [0, 0.1) is 0 Å². The Morgan fingerprint density at radius 1 is 1.22 bits per heavy atom. The van der Waals surface area contributed by atoms with Crippen molar-refractivity contribution in [3.8, 4) is 0 Å². The predicted octanol–water partition coefficient (Wildman–Crippen LogP) is 3.67. The maximum atomic E-state index is 12.1. The molecule has 2 aromatic carbocycles. The smallest absolute Gasteiger partial charge is 0.224 e. The number of hydrogen-bond donors (Lipinski definition) is 1. The van der Waals surface area contributed by atoms with E-state index in [0.29, 0.717) is 26.2 Å². The van der Waals surface area contributed by atoms with Gasteiger partial charge in [-0.1, -0.05) is 30.3 Å². The summed E-state index contributed by atoms with van der Waals surface area (Å²) < 4.78 is 10.9. The molecular formula is C19H21NO3. The van der Waals surface area contributed by atoms with Gasteiger partial charge in [-0.05, 0) is 30.2 Å². The third-order valence-electron chi connectivity index (χ3n) is 3.88. The molecule has 0 bridgehead atoms. The lowest BCUT2D eigenvalue weighted by atomic mass is 10.0. The van der Waals surface area contributed by atoms with Crippen molar-refractivity contribution >= 4 is 27.6 Å². The molecule has 23 heavy (non-hydrogen) atoms. The summed E-state index contributed by atoms with van der Waals surface area (Å²) in [7, 11) is 0. The van der Waals surface area contributed by atoms with Gasteiger partial charge in [0.25, 0.3) is 0 Å². The number of rotatable bonds is 7. The van der Waals surface area contributed by atoms with E-state index in [1.54, 1.807) is 6.26 Å². The standard InChI is InChI=1S/C19H21NO3/c1-2-22-11-5-10-20-18(21)12-15-13-23-17-9-8-14-6-3-4-7-16(14)19(15)17/h3-4,6-9,13H,2,5,10-12H2,1H3,(H,20,21). The molecule has 0 saturated carbocycles. The highest BCUT2D eigenvalue weighted by Gasteiger charge is 2.12. The summed E-state index contributed by atoms with van der Waals surface area (Å²) in [5, 5.41) is 6.24. The molecule has 0 aliphatic carbocycles. The van der Waals surface area contributed by atoms with Crippen molar-refractivity contribution in [2.45, 2.75) is 19.8 Å². The number of benzene rings is 2. The lowest BCUT2D eigenvalue weighted by molar-refractivity contribution is -0.120.